The van der Waals surface area contributed by atoms with E-state index in [4.69, 9.17) is 0 Å². The minimum absolute atomic E-state index is 1.54. The van der Waals surface area contributed by atoms with Crippen LogP contribution in [0.4, 0.5) is 4.79 Å². The molecule has 0 saturated carbocycles. The average molecular weight is 136 g/mol. The van der Waals surface area contributed by atoms with Crippen molar-refractivity contribution in [3.8, 4) is 0 Å². The first-order chi connectivity index (χ1) is 4.04. The van der Waals surface area contributed by atoms with Gasteiger partial charge in [0.1, 0.15) is 4.92 Å². The van der Waals surface area contributed by atoms with Crippen LogP contribution in [-0.4, -0.2) is 16.1 Å². The monoisotopic (exact) mass is 136 g/mol. The maximum absolute atomic E-state index is 9.59. The molecule has 0 rings (SSSR count). The molecule has 0 aromatic heterocycles. The highest BCUT2D eigenvalue weighted by Crippen LogP contribution is 1.80. The molecule has 0 aromatic carbocycles. The summed E-state index contributed by atoms with van der Waals surface area (Å²) >= 11 is 0. The van der Waals surface area contributed by atoms with Gasteiger partial charge in [0.15, 0.2) is 0 Å². The van der Waals surface area contributed by atoms with Crippen LogP contribution in [0.25, 0.3) is 0 Å². The second-order valence-corrected chi connectivity index (χ2v) is 0.838. The molecule has 0 aromatic rings. The normalized spacial score (nSPS) is 8.00. The molecule has 0 spiro atoms. The SMILES string of the molecule is O=C(O[N+](=O)[O-])[N+](=O)[O-]. The van der Waals surface area contributed by atoms with Crippen molar-refractivity contribution in [2.24, 2.45) is 0 Å². The third-order valence-corrected chi connectivity index (χ3v) is 0.302. The number of hydrogen-bond acceptors (Lipinski definition) is 6. The van der Waals surface area contributed by atoms with Crippen LogP contribution in [0.15, 0.2) is 0 Å². The lowest BCUT2D eigenvalue weighted by molar-refractivity contribution is -0.744. The first-order valence-corrected chi connectivity index (χ1v) is 1.54. The van der Waals surface area contributed by atoms with Crippen LogP contribution in [0.1, 0.15) is 0 Å². The van der Waals surface area contributed by atoms with E-state index in [1.54, 1.807) is 0 Å². The van der Waals surface area contributed by atoms with E-state index in [-0.39, 0.29) is 0 Å². The summed E-state index contributed by atoms with van der Waals surface area (Å²) in [5, 5.41) is 16.9. The zero-order valence-electron chi connectivity index (χ0n) is 3.84. The molecule has 0 aliphatic carbocycles. The molecule has 9 heavy (non-hydrogen) atoms. The highest BCUT2D eigenvalue weighted by molar-refractivity contribution is 5.56. The summed E-state index contributed by atoms with van der Waals surface area (Å²) in [5.41, 5.74) is 0. The summed E-state index contributed by atoms with van der Waals surface area (Å²) in [5.74, 6) is 0. The summed E-state index contributed by atoms with van der Waals surface area (Å²) in [6, 6.07) is 0. The van der Waals surface area contributed by atoms with E-state index in [2.05, 4.69) is 4.84 Å². The largest absolute Gasteiger partial charge is 0.634 e. The number of carbonyl (C=O) groups is 1. The number of nitro groups is 1. The van der Waals surface area contributed by atoms with Gasteiger partial charge in [-0.1, -0.05) is 0 Å². The van der Waals surface area contributed by atoms with Crippen LogP contribution in [0.2, 0.25) is 0 Å². The molecule has 0 fully saturated rings. The van der Waals surface area contributed by atoms with Crippen LogP contribution in [0, 0.1) is 20.2 Å². The number of amides is 1. The van der Waals surface area contributed by atoms with E-state index >= 15 is 0 Å². The fourth-order valence-electron chi connectivity index (χ4n) is 0.0971. The quantitative estimate of drug-likeness (QED) is 0.357. The van der Waals surface area contributed by atoms with Crippen molar-refractivity contribution in [2.75, 3.05) is 0 Å². The molecule has 0 unspecified atom stereocenters. The van der Waals surface area contributed by atoms with Gasteiger partial charge in [0.25, 0.3) is 0 Å². The van der Waals surface area contributed by atoms with Crippen LogP contribution < -0.4 is 0 Å². The second-order valence-electron chi connectivity index (χ2n) is 0.838. The van der Waals surface area contributed by atoms with Crippen molar-refractivity contribution in [2.45, 2.75) is 0 Å². The van der Waals surface area contributed by atoms with Crippen molar-refractivity contribution in [1.29, 1.82) is 0 Å². The Kier molecular flexibility index (Phi) is 2.06. The zero-order valence-corrected chi connectivity index (χ0v) is 3.84. The Hall–Kier alpha value is -1.73. The van der Waals surface area contributed by atoms with Crippen LogP contribution >= 0.6 is 0 Å². The van der Waals surface area contributed by atoms with Crippen LogP contribution in [-0.2, 0) is 4.84 Å². The molecule has 8 heteroatoms. The Morgan fingerprint density at radius 1 is 1.33 bits per heavy atom. The predicted octanol–water partition coefficient (Wildman–Crippen LogP) is -0.409. The highest BCUT2D eigenvalue weighted by atomic mass is 17.0. The molecule has 0 radical (unpaired) electrons. The van der Waals surface area contributed by atoms with Gasteiger partial charge in [-0.2, -0.15) is 9.63 Å². The van der Waals surface area contributed by atoms with E-state index < -0.39 is 16.1 Å². The lowest BCUT2D eigenvalue weighted by Gasteiger charge is -1.82. The smallest absolute Gasteiger partial charge is 0.254 e. The number of rotatable bonds is 1. The van der Waals surface area contributed by atoms with Gasteiger partial charge in [0.05, 0.1) is 0 Å². The van der Waals surface area contributed by atoms with Crippen molar-refractivity contribution in [3.05, 3.63) is 20.2 Å². The third-order valence-electron chi connectivity index (χ3n) is 0.302. The van der Waals surface area contributed by atoms with Gasteiger partial charge in [-0.3, -0.25) is 10.1 Å². The first kappa shape index (κ1) is 7.27. The van der Waals surface area contributed by atoms with Crippen LogP contribution in [0.5, 0.6) is 0 Å². The van der Waals surface area contributed by atoms with E-state index in [0.29, 0.717) is 0 Å². The lowest BCUT2D eigenvalue weighted by atomic mass is 11.3. The summed E-state index contributed by atoms with van der Waals surface area (Å²) in [4.78, 5) is 29.4. The van der Waals surface area contributed by atoms with Gasteiger partial charge in [-0.15, -0.1) is 10.1 Å². The standard InChI is InChI=1S/CN2O6/c4-1(2(5)6)9-3(7)8. The minimum Gasteiger partial charge on any atom is -0.254 e. The molecule has 8 nitrogen and oxygen atoms in total. The molecule has 0 N–H and O–H groups in total. The van der Waals surface area contributed by atoms with Gasteiger partial charge >= 0.3 is 11.2 Å². The van der Waals surface area contributed by atoms with E-state index in [1.165, 1.54) is 0 Å². The number of hydrogen-bond donors (Lipinski definition) is 0. The fourth-order valence-corrected chi connectivity index (χ4v) is 0.0971. The van der Waals surface area contributed by atoms with Crippen molar-refractivity contribution >= 4 is 6.09 Å². The Morgan fingerprint density at radius 3 is 1.89 bits per heavy atom. The fraction of sp³-hybridized carbons (Fsp3) is 0. The first-order valence-electron chi connectivity index (χ1n) is 1.54. The van der Waals surface area contributed by atoms with Gasteiger partial charge in [-0.05, 0) is 0 Å². The molecule has 0 aliphatic heterocycles. The van der Waals surface area contributed by atoms with Crippen LogP contribution in [0.3, 0.4) is 0 Å². The zero-order chi connectivity index (χ0) is 7.44. The lowest BCUT2D eigenvalue weighted by Crippen LogP contribution is -2.16. The maximum atomic E-state index is 9.59. The molecular weight excluding hydrogens is 136 g/mol. The Morgan fingerprint density at radius 2 is 1.78 bits per heavy atom. The van der Waals surface area contributed by atoms with Gasteiger partial charge in [-0.25, -0.2) is 0 Å². The molecule has 1 amide bonds. The summed E-state index contributed by atoms with van der Waals surface area (Å²) in [6.45, 7) is 0. The second kappa shape index (κ2) is 2.55. The third kappa shape index (κ3) is 2.91. The molecule has 0 bridgehead atoms. The van der Waals surface area contributed by atoms with Crippen molar-refractivity contribution < 1.29 is 19.6 Å². The Labute approximate surface area is 47.3 Å². The molecule has 0 aliphatic rings. The Bertz CT molecular complexity index is 160. The minimum atomic E-state index is -2.10. The van der Waals surface area contributed by atoms with Gasteiger partial charge in [0.2, 0.25) is 0 Å². The topological polar surface area (TPSA) is 113 Å². The summed E-state index contributed by atoms with van der Waals surface area (Å²) in [7, 11) is 0. The number of nitrogens with zero attached hydrogens (tertiary/aromatic N) is 2. The van der Waals surface area contributed by atoms with E-state index in [0.717, 1.165) is 0 Å². The Balaban J connectivity index is 3.79. The van der Waals surface area contributed by atoms with E-state index in [1.807, 2.05) is 0 Å². The molecule has 50 valence electrons. The van der Waals surface area contributed by atoms with E-state index in [9.17, 15) is 25.0 Å². The maximum Gasteiger partial charge on any atom is 0.634 e. The summed E-state index contributed by atoms with van der Waals surface area (Å²) < 4.78 is 0. The molecule has 0 saturated heterocycles. The number of carbonyl (C=O) groups excluding carboxylic acids is 1. The van der Waals surface area contributed by atoms with Gasteiger partial charge in [0, 0.05) is 0 Å². The van der Waals surface area contributed by atoms with Crippen molar-refractivity contribution in [1.82, 2.24) is 0 Å². The molecular formula is CN2O6. The molecule has 0 atom stereocenters. The summed E-state index contributed by atoms with van der Waals surface area (Å²) in [6.07, 6.45) is -2.10. The predicted molar refractivity (Wildman–Crippen MR) is 20.5 cm³/mol. The van der Waals surface area contributed by atoms with Gasteiger partial charge < -0.3 is 0 Å². The highest BCUT2D eigenvalue weighted by Gasteiger charge is 2.19. The van der Waals surface area contributed by atoms with Crippen molar-refractivity contribution in [3.63, 3.8) is 0 Å². The average Bonchev–Trinajstić information content (AvgIpc) is 1.63. The molecule has 0 heterocycles.